The van der Waals surface area contributed by atoms with E-state index in [4.69, 9.17) is 15.2 Å². The van der Waals surface area contributed by atoms with Gasteiger partial charge in [0.1, 0.15) is 23.9 Å². The molecule has 4 heterocycles. The Bertz CT molecular complexity index is 542. The molecule has 0 aromatic rings. The van der Waals surface area contributed by atoms with Gasteiger partial charge in [0.15, 0.2) is 18.3 Å². The van der Waals surface area contributed by atoms with Gasteiger partial charge in [-0.15, -0.1) is 0 Å². The van der Waals surface area contributed by atoms with E-state index in [-0.39, 0.29) is 5.96 Å². The van der Waals surface area contributed by atoms with Crippen LogP contribution in [0.25, 0.3) is 0 Å². The van der Waals surface area contributed by atoms with E-state index in [1.54, 1.807) is 0 Å². The molecule has 0 radical (unpaired) electrons. The minimum Gasteiger partial charge on any atom is -0.388 e. The molecule has 3 saturated heterocycles. The summed E-state index contributed by atoms with van der Waals surface area (Å²) in [5.41, 5.74) is 3.74. The number of aliphatic hydroxyl groups is 6. The standard InChI is InChI=1S/C10H15N3O8/c11-7-12-5(15)1-3-9(17,18)4-2(14)8(1,13-7)6(16)10(19,20-3)21-4/h1-6,14-19H,(H3,11,12,13)/t1?,2-,3?,4?,5?,6+,8-,10?/m1/s1. The summed E-state index contributed by atoms with van der Waals surface area (Å²) in [5, 5.41) is 63.8. The Morgan fingerprint density at radius 1 is 1.10 bits per heavy atom. The number of rotatable bonds is 0. The van der Waals surface area contributed by atoms with Crippen molar-refractivity contribution in [2.24, 2.45) is 16.6 Å². The van der Waals surface area contributed by atoms with Gasteiger partial charge in [-0.25, -0.2) is 4.99 Å². The van der Waals surface area contributed by atoms with Crippen molar-refractivity contribution in [1.29, 1.82) is 0 Å². The molecule has 5 unspecified atom stereocenters. The van der Waals surface area contributed by atoms with E-state index in [0.29, 0.717) is 0 Å². The first-order valence-electron chi connectivity index (χ1n) is 6.33. The molecule has 5 rings (SSSR count). The number of hydrogen-bond donors (Lipinski definition) is 8. The summed E-state index contributed by atoms with van der Waals surface area (Å²) in [5.74, 6) is -6.80. The van der Waals surface area contributed by atoms with E-state index in [1.165, 1.54) is 0 Å². The minimum absolute atomic E-state index is 0.274. The third-order valence-corrected chi connectivity index (χ3v) is 4.82. The van der Waals surface area contributed by atoms with Crippen molar-refractivity contribution in [1.82, 2.24) is 5.32 Å². The fourth-order valence-corrected chi connectivity index (χ4v) is 3.94. The molecule has 1 saturated carbocycles. The van der Waals surface area contributed by atoms with Crippen molar-refractivity contribution >= 4 is 5.96 Å². The first-order valence-corrected chi connectivity index (χ1v) is 6.33. The molecule has 5 aliphatic rings. The third-order valence-electron chi connectivity index (χ3n) is 4.82. The average Bonchev–Trinajstić information content (AvgIpc) is 2.36. The number of guanidine groups is 1. The van der Waals surface area contributed by atoms with Crippen molar-refractivity contribution < 1.29 is 40.1 Å². The molecular weight excluding hydrogens is 290 g/mol. The Morgan fingerprint density at radius 3 is 2.38 bits per heavy atom. The van der Waals surface area contributed by atoms with Crippen LogP contribution in [-0.2, 0) is 9.47 Å². The molecule has 9 N–H and O–H groups in total. The molecule has 11 nitrogen and oxygen atoms in total. The van der Waals surface area contributed by atoms with Gasteiger partial charge in [-0.2, -0.15) is 0 Å². The van der Waals surface area contributed by atoms with Crippen LogP contribution in [0.1, 0.15) is 0 Å². The Labute approximate surface area is 117 Å². The van der Waals surface area contributed by atoms with Crippen molar-refractivity contribution in [3.63, 3.8) is 0 Å². The summed E-state index contributed by atoms with van der Waals surface area (Å²) in [7, 11) is 0. The Hall–Kier alpha value is -1.05. The largest absolute Gasteiger partial charge is 0.388 e. The molecule has 21 heavy (non-hydrogen) atoms. The van der Waals surface area contributed by atoms with Crippen molar-refractivity contribution in [3.8, 4) is 0 Å². The highest BCUT2D eigenvalue weighted by Crippen LogP contribution is 2.57. The first kappa shape index (κ1) is 13.6. The van der Waals surface area contributed by atoms with Gasteiger partial charge >= 0.3 is 5.97 Å². The quantitative estimate of drug-likeness (QED) is 0.200. The SMILES string of the molecule is NC1=NC(O)C2C3OC4(O)OC([C@@H](O)[C@@]2(N1)[C@@H]4O)C3(O)O. The number of nitrogens with one attached hydrogen (secondary N) is 1. The molecule has 118 valence electrons. The Morgan fingerprint density at radius 2 is 1.71 bits per heavy atom. The minimum atomic E-state index is -2.69. The van der Waals surface area contributed by atoms with Gasteiger partial charge in [0.05, 0.1) is 5.92 Å². The zero-order chi connectivity index (χ0) is 15.4. The summed E-state index contributed by atoms with van der Waals surface area (Å²) in [6, 6.07) is 0. The fourth-order valence-electron chi connectivity index (χ4n) is 3.94. The predicted octanol–water partition coefficient (Wildman–Crippen LogP) is -5.56. The predicted molar refractivity (Wildman–Crippen MR) is 60.9 cm³/mol. The van der Waals surface area contributed by atoms with E-state index in [2.05, 4.69) is 10.3 Å². The maximum Gasteiger partial charge on any atom is 0.311 e. The molecule has 1 aliphatic carbocycles. The zero-order valence-corrected chi connectivity index (χ0v) is 10.5. The van der Waals surface area contributed by atoms with Crippen LogP contribution in [-0.4, -0.2) is 84.5 Å². The van der Waals surface area contributed by atoms with E-state index in [1.807, 2.05) is 0 Å². The van der Waals surface area contributed by atoms with Crippen molar-refractivity contribution in [2.75, 3.05) is 0 Å². The molecule has 0 aromatic carbocycles. The topological polar surface area (TPSA) is 190 Å². The Kier molecular flexibility index (Phi) is 2.25. The lowest BCUT2D eigenvalue weighted by molar-refractivity contribution is -0.569. The van der Waals surface area contributed by atoms with Gasteiger partial charge < -0.3 is 51.2 Å². The third kappa shape index (κ3) is 1.25. The normalized spacial score (nSPS) is 60.2. The second kappa shape index (κ2) is 3.47. The monoisotopic (exact) mass is 305 g/mol. The van der Waals surface area contributed by atoms with E-state index < -0.39 is 53.9 Å². The van der Waals surface area contributed by atoms with Crippen LogP contribution in [0.5, 0.6) is 0 Å². The van der Waals surface area contributed by atoms with Gasteiger partial charge in [-0.05, 0) is 0 Å². The maximum absolute atomic E-state index is 10.4. The molecule has 0 aromatic heterocycles. The Balaban J connectivity index is 1.95. The zero-order valence-electron chi connectivity index (χ0n) is 10.5. The van der Waals surface area contributed by atoms with Crippen LogP contribution in [0, 0.1) is 5.92 Å². The van der Waals surface area contributed by atoms with Crippen LogP contribution in [0.3, 0.4) is 0 Å². The van der Waals surface area contributed by atoms with Crippen LogP contribution in [0.4, 0.5) is 0 Å². The van der Waals surface area contributed by atoms with Crippen LogP contribution in [0.15, 0.2) is 4.99 Å². The molecule has 0 amide bonds. The smallest absolute Gasteiger partial charge is 0.311 e. The summed E-state index contributed by atoms with van der Waals surface area (Å²) in [6.07, 6.45) is -8.37. The van der Waals surface area contributed by atoms with E-state index in [0.717, 1.165) is 0 Å². The van der Waals surface area contributed by atoms with Crippen LogP contribution in [0.2, 0.25) is 0 Å². The average molecular weight is 305 g/mol. The summed E-state index contributed by atoms with van der Waals surface area (Å²) in [4.78, 5) is 3.63. The molecule has 4 fully saturated rings. The highest BCUT2D eigenvalue weighted by atomic mass is 16.9. The summed E-state index contributed by atoms with van der Waals surface area (Å²) < 4.78 is 9.91. The van der Waals surface area contributed by atoms with Gasteiger partial charge in [-0.1, -0.05) is 0 Å². The number of nitrogens with two attached hydrogens (primary N) is 1. The van der Waals surface area contributed by atoms with Gasteiger partial charge in [0.25, 0.3) is 0 Å². The highest BCUT2D eigenvalue weighted by molar-refractivity contribution is 5.80. The van der Waals surface area contributed by atoms with Crippen molar-refractivity contribution in [3.05, 3.63) is 0 Å². The molecule has 4 bridgehead atoms. The summed E-state index contributed by atoms with van der Waals surface area (Å²) in [6.45, 7) is 0. The maximum atomic E-state index is 10.4. The van der Waals surface area contributed by atoms with Crippen LogP contribution < -0.4 is 11.1 Å². The number of aliphatic hydroxyl groups excluding tert-OH is 3. The van der Waals surface area contributed by atoms with Crippen molar-refractivity contribution in [2.45, 2.75) is 47.9 Å². The fraction of sp³-hybridized carbons (Fsp3) is 0.900. The molecule has 8 atom stereocenters. The molecular formula is C10H15N3O8. The number of hydrogen-bond acceptors (Lipinski definition) is 11. The van der Waals surface area contributed by atoms with Gasteiger partial charge in [0, 0.05) is 0 Å². The van der Waals surface area contributed by atoms with Gasteiger partial charge in [0.2, 0.25) is 5.79 Å². The van der Waals surface area contributed by atoms with Gasteiger partial charge in [-0.3, -0.25) is 0 Å². The lowest BCUT2D eigenvalue weighted by atomic mass is 9.58. The second-order valence-corrected chi connectivity index (χ2v) is 5.85. The lowest BCUT2D eigenvalue weighted by Crippen LogP contribution is -2.95. The number of nitrogens with zero attached hydrogens (tertiary/aromatic N) is 1. The van der Waals surface area contributed by atoms with E-state index in [9.17, 15) is 30.6 Å². The van der Waals surface area contributed by atoms with E-state index >= 15 is 0 Å². The van der Waals surface area contributed by atoms with Crippen LogP contribution >= 0.6 is 0 Å². The molecule has 11 heteroatoms. The number of aliphatic imine (C=N–C) groups is 1. The first-order chi connectivity index (χ1) is 9.64. The number of ether oxygens (including phenoxy) is 2. The molecule has 1 spiro atoms. The highest BCUT2D eigenvalue weighted by Gasteiger charge is 2.83. The lowest BCUT2D eigenvalue weighted by Gasteiger charge is -2.70. The molecule has 4 aliphatic heterocycles. The summed E-state index contributed by atoms with van der Waals surface area (Å²) >= 11 is 0. The second-order valence-electron chi connectivity index (χ2n) is 5.85.